The van der Waals surface area contributed by atoms with Crippen LogP contribution in [0.5, 0.6) is 0 Å². The summed E-state index contributed by atoms with van der Waals surface area (Å²) in [6.07, 6.45) is 4.18. The topological polar surface area (TPSA) is 81.9 Å². The average Bonchev–Trinajstić information content (AvgIpc) is 3.44. The van der Waals surface area contributed by atoms with E-state index in [1.165, 1.54) is 12.8 Å². The van der Waals surface area contributed by atoms with Gasteiger partial charge in [-0.05, 0) is 76.5 Å². The van der Waals surface area contributed by atoms with Gasteiger partial charge in [-0.3, -0.25) is 14.7 Å². The fourth-order valence-electron chi connectivity index (χ4n) is 3.78. The number of guanidine groups is 1. The van der Waals surface area contributed by atoms with Crippen LogP contribution in [-0.4, -0.2) is 49.0 Å². The molecule has 31 heavy (non-hydrogen) atoms. The molecule has 3 N–H and O–H groups in total. The molecule has 1 saturated heterocycles. The van der Waals surface area contributed by atoms with Crippen molar-refractivity contribution in [3.8, 4) is 0 Å². The molecule has 7 nitrogen and oxygen atoms in total. The van der Waals surface area contributed by atoms with Crippen LogP contribution in [-0.2, 0) is 6.54 Å². The number of nitrogens with one attached hydrogen (secondary N) is 3. The van der Waals surface area contributed by atoms with Gasteiger partial charge in [0.25, 0.3) is 5.91 Å². The number of likely N-dealkylation sites (tertiary alicyclic amines) is 1. The third-order valence-electron chi connectivity index (χ3n) is 5.28. The molecular weight excluding hydrogens is 390 g/mol. The lowest BCUT2D eigenvalue weighted by Crippen LogP contribution is -2.42. The summed E-state index contributed by atoms with van der Waals surface area (Å²) < 4.78 is 5.69. The number of hydrogen-bond donors (Lipinski definition) is 3. The Morgan fingerprint density at radius 3 is 2.58 bits per heavy atom. The molecule has 7 heteroatoms. The number of aliphatic imine (C=N–C) groups is 1. The first kappa shape index (κ1) is 22.9. The smallest absolute Gasteiger partial charge is 0.251 e. The van der Waals surface area contributed by atoms with Crippen molar-refractivity contribution in [2.75, 3.05) is 26.7 Å². The zero-order valence-corrected chi connectivity index (χ0v) is 19.1. The molecule has 1 atom stereocenters. The van der Waals surface area contributed by atoms with E-state index in [9.17, 15) is 4.79 Å². The Morgan fingerprint density at radius 1 is 1.16 bits per heavy atom. The summed E-state index contributed by atoms with van der Waals surface area (Å²) in [6, 6.07) is 11.8. The molecule has 0 bridgehead atoms. The summed E-state index contributed by atoms with van der Waals surface area (Å²) in [5.74, 6) is 1.63. The largest absolute Gasteiger partial charge is 0.468 e. The van der Waals surface area contributed by atoms with Crippen LogP contribution in [0, 0.1) is 0 Å². The molecule has 1 aliphatic rings. The molecule has 1 fully saturated rings. The lowest BCUT2D eigenvalue weighted by molar-refractivity contribution is 0.0919. The lowest BCUT2D eigenvalue weighted by Gasteiger charge is -2.26. The zero-order valence-electron chi connectivity index (χ0n) is 19.1. The standard InChI is InChI=1S/C24H35N5O2/c1-24(2,3)28-22(30)19-10-7-9-18(15-19)16-26-23(25-4)27-17-20(21-11-8-14-31-21)29-12-5-6-13-29/h7-11,14-15,20H,5-6,12-13,16-17H2,1-4H3,(H,28,30)(H2,25,26,27). The highest BCUT2D eigenvalue weighted by Gasteiger charge is 2.25. The second kappa shape index (κ2) is 10.5. The average molecular weight is 426 g/mol. The summed E-state index contributed by atoms with van der Waals surface area (Å²) in [5, 5.41) is 9.78. The third-order valence-corrected chi connectivity index (χ3v) is 5.28. The maximum Gasteiger partial charge on any atom is 0.251 e. The number of hydrogen-bond acceptors (Lipinski definition) is 4. The predicted molar refractivity (Wildman–Crippen MR) is 124 cm³/mol. The van der Waals surface area contributed by atoms with E-state index in [1.807, 2.05) is 57.2 Å². The minimum Gasteiger partial charge on any atom is -0.468 e. The summed E-state index contributed by atoms with van der Waals surface area (Å²) >= 11 is 0. The summed E-state index contributed by atoms with van der Waals surface area (Å²) in [7, 11) is 1.76. The molecule has 2 aromatic rings. The van der Waals surface area contributed by atoms with Gasteiger partial charge in [-0.2, -0.15) is 0 Å². The van der Waals surface area contributed by atoms with Crippen LogP contribution in [0.2, 0.25) is 0 Å². The highest BCUT2D eigenvalue weighted by Crippen LogP contribution is 2.24. The zero-order chi connectivity index (χ0) is 22.3. The molecule has 0 radical (unpaired) electrons. The van der Waals surface area contributed by atoms with E-state index in [2.05, 4.69) is 25.8 Å². The van der Waals surface area contributed by atoms with Gasteiger partial charge in [-0.15, -0.1) is 0 Å². The summed E-state index contributed by atoms with van der Waals surface area (Å²) in [4.78, 5) is 19.3. The summed E-state index contributed by atoms with van der Waals surface area (Å²) in [5.41, 5.74) is 1.41. The van der Waals surface area contributed by atoms with Crippen molar-refractivity contribution in [2.45, 2.75) is 51.7 Å². The van der Waals surface area contributed by atoms with Crippen molar-refractivity contribution >= 4 is 11.9 Å². The van der Waals surface area contributed by atoms with Gasteiger partial charge in [0.05, 0.1) is 12.3 Å². The Labute approximate surface area is 185 Å². The number of furan rings is 1. The molecule has 0 spiro atoms. The van der Waals surface area contributed by atoms with Crippen LogP contribution in [0.4, 0.5) is 0 Å². The van der Waals surface area contributed by atoms with Gasteiger partial charge in [0.2, 0.25) is 0 Å². The Hall–Kier alpha value is -2.80. The fourth-order valence-corrected chi connectivity index (χ4v) is 3.78. The van der Waals surface area contributed by atoms with Crippen molar-refractivity contribution in [3.05, 3.63) is 59.5 Å². The molecule has 1 aliphatic heterocycles. The Bertz CT molecular complexity index is 864. The van der Waals surface area contributed by atoms with Crippen molar-refractivity contribution in [1.29, 1.82) is 0 Å². The van der Waals surface area contributed by atoms with E-state index in [4.69, 9.17) is 4.42 Å². The van der Waals surface area contributed by atoms with E-state index in [1.54, 1.807) is 13.3 Å². The number of benzene rings is 1. The van der Waals surface area contributed by atoms with E-state index < -0.39 is 0 Å². The molecule has 0 saturated carbocycles. The lowest BCUT2D eigenvalue weighted by atomic mass is 10.1. The molecule has 1 aromatic heterocycles. The number of carbonyl (C=O) groups is 1. The van der Waals surface area contributed by atoms with Crippen molar-refractivity contribution in [2.24, 2.45) is 4.99 Å². The molecule has 1 aromatic carbocycles. The molecule has 168 valence electrons. The molecule has 0 aliphatic carbocycles. The third kappa shape index (κ3) is 6.85. The predicted octanol–water partition coefficient (Wildman–Crippen LogP) is 3.31. The van der Waals surface area contributed by atoms with Crippen LogP contribution >= 0.6 is 0 Å². The molecule has 1 amide bonds. The minimum absolute atomic E-state index is 0.0660. The Kier molecular flexibility index (Phi) is 7.74. The van der Waals surface area contributed by atoms with Crippen molar-refractivity contribution < 1.29 is 9.21 Å². The van der Waals surface area contributed by atoms with Crippen LogP contribution in [0.25, 0.3) is 0 Å². The van der Waals surface area contributed by atoms with Gasteiger partial charge < -0.3 is 20.4 Å². The molecule has 1 unspecified atom stereocenters. The first-order valence-electron chi connectivity index (χ1n) is 11.0. The van der Waals surface area contributed by atoms with Crippen LogP contribution in [0.15, 0.2) is 52.1 Å². The van der Waals surface area contributed by atoms with Gasteiger partial charge in [0.15, 0.2) is 5.96 Å². The number of nitrogens with zero attached hydrogens (tertiary/aromatic N) is 2. The Morgan fingerprint density at radius 2 is 1.94 bits per heavy atom. The Balaban J connectivity index is 1.57. The van der Waals surface area contributed by atoms with E-state index in [0.29, 0.717) is 18.7 Å². The molecular formula is C24H35N5O2. The van der Waals surface area contributed by atoms with Crippen LogP contribution in [0.3, 0.4) is 0 Å². The molecule has 3 rings (SSSR count). The van der Waals surface area contributed by atoms with E-state index >= 15 is 0 Å². The normalized spacial score (nSPS) is 16.2. The highest BCUT2D eigenvalue weighted by atomic mass is 16.3. The summed E-state index contributed by atoms with van der Waals surface area (Å²) in [6.45, 7) is 9.38. The quantitative estimate of drug-likeness (QED) is 0.468. The second-order valence-corrected chi connectivity index (χ2v) is 8.99. The van der Waals surface area contributed by atoms with Gasteiger partial charge >= 0.3 is 0 Å². The first-order chi connectivity index (χ1) is 14.9. The first-order valence-corrected chi connectivity index (χ1v) is 11.0. The van der Waals surface area contributed by atoms with E-state index in [0.717, 1.165) is 30.4 Å². The fraction of sp³-hybridized carbons (Fsp3) is 0.500. The maximum atomic E-state index is 12.4. The van der Waals surface area contributed by atoms with Gasteiger partial charge in [0.1, 0.15) is 5.76 Å². The highest BCUT2D eigenvalue weighted by molar-refractivity contribution is 5.94. The van der Waals surface area contributed by atoms with Gasteiger partial charge in [0, 0.05) is 31.2 Å². The second-order valence-electron chi connectivity index (χ2n) is 8.99. The number of rotatable bonds is 7. The van der Waals surface area contributed by atoms with Gasteiger partial charge in [-0.25, -0.2) is 0 Å². The van der Waals surface area contributed by atoms with Crippen LogP contribution < -0.4 is 16.0 Å². The maximum absolute atomic E-state index is 12.4. The van der Waals surface area contributed by atoms with Gasteiger partial charge in [-0.1, -0.05) is 12.1 Å². The van der Waals surface area contributed by atoms with E-state index in [-0.39, 0.29) is 17.5 Å². The number of amides is 1. The SMILES string of the molecule is CN=C(NCc1cccc(C(=O)NC(C)(C)C)c1)NCC(c1ccco1)N1CCCC1. The van der Waals surface area contributed by atoms with Crippen LogP contribution in [0.1, 0.15) is 61.3 Å². The monoisotopic (exact) mass is 425 g/mol. The van der Waals surface area contributed by atoms with Crippen molar-refractivity contribution in [1.82, 2.24) is 20.9 Å². The number of carbonyl (C=O) groups excluding carboxylic acids is 1. The van der Waals surface area contributed by atoms with Crippen molar-refractivity contribution in [3.63, 3.8) is 0 Å². The molecule has 2 heterocycles. The minimum atomic E-state index is -0.267.